The maximum absolute atomic E-state index is 12.6. The fourth-order valence-electron chi connectivity index (χ4n) is 3.82. The normalized spacial score (nSPS) is 23.7. The summed E-state index contributed by atoms with van der Waals surface area (Å²) in [7, 11) is 1.71. The largest absolute Gasteiger partial charge is 0.497 e. The van der Waals surface area contributed by atoms with E-state index >= 15 is 0 Å². The molecule has 1 saturated heterocycles. The Labute approximate surface area is 132 Å². The summed E-state index contributed by atoms with van der Waals surface area (Å²) in [6.45, 7) is 5.09. The van der Waals surface area contributed by atoms with Crippen LogP contribution in [0.2, 0.25) is 0 Å². The molecule has 0 saturated carbocycles. The Bertz CT molecular complexity index is 556. The zero-order chi connectivity index (χ0) is 15.7. The van der Waals surface area contributed by atoms with Crippen LogP contribution in [0.5, 0.6) is 5.75 Å². The van der Waals surface area contributed by atoms with Crippen molar-refractivity contribution in [3.8, 4) is 5.75 Å². The molecule has 0 radical (unpaired) electrons. The van der Waals surface area contributed by atoms with Crippen LogP contribution in [0.25, 0.3) is 0 Å². The number of rotatable bonds is 3. The maximum atomic E-state index is 12.6. The molecule has 0 aromatic heterocycles. The molecule has 1 aromatic rings. The van der Waals surface area contributed by atoms with Crippen LogP contribution in [0.4, 0.5) is 5.69 Å². The fraction of sp³-hybridized carbons (Fsp3) is 0.611. The molecule has 1 N–H and O–H groups in total. The van der Waals surface area contributed by atoms with E-state index in [0.29, 0.717) is 6.04 Å². The van der Waals surface area contributed by atoms with E-state index in [0.717, 1.165) is 25.1 Å². The van der Waals surface area contributed by atoms with E-state index in [1.165, 1.54) is 24.1 Å². The Hall–Kier alpha value is -1.71. The summed E-state index contributed by atoms with van der Waals surface area (Å²) in [5, 5.41) is 3.11. The van der Waals surface area contributed by atoms with E-state index in [1.54, 1.807) is 7.11 Å². The highest BCUT2D eigenvalue weighted by Gasteiger charge is 2.39. The predicted molar refractivity (Wildman–Crippen MR) is 88.5 cm³/mol. The third kappa shape index (κ3) is 2.79. The molecule has 2 atom stereocenters. The maximum Gasteiger partial charge on any atom is 0.225 e. The number of amides is 1. The number of ether oxygens (including phenoxy) is 1. The molecule has 4 nitrogen and oxygen atoms in total. The van der Waals surface area contributed by atoms with Crippen LogP contribution in [0.15, 0.2) is 18.2 Å². The van der Waals surface area contributed by atoms with Crippen molar-refractivity contribution in [3.05, 3.63) is 23.8 Å². The first-order valence-corrected chi connectivity index (χ1v) is 8.34. The Balaban J connectivity index is 1.93. The standard InChI is InChI=1S/C18H26N2O2/c1-12(2)19-18(21)15-10-13-7-8-14(22-3)11-17(13)20-9-5-4-6-16(15)20/h7-8,11-12,15-16H,4-6,9-10H2,1-3H3,(H,19,21)/t15-,16-/m0/s1. The first-order valence-electron chi connectivity index (χ1n) is 8.34. The zero-order valence-electron chi connectivity index (χ0n) is 13.8. The third-order valence-electron chi connectivity index (χ3n) is 4.82. The number of nitrogens with zero attached hydrogens (tertiary/aromatic N) is 1. The lowest BCUT2D eigenvalue weighted by atomic mass is 9.80. The molecule has 120 valence electrons. The molecule has 2 aliphatic rings. The fourth-order valence-corrected chi connectivity index (χ4v) is 3.82. The molecular formula is C18H26N2O2. The van der Waals surface area contributed by atoms with Crippen molar-refractivity contribution in [2.45, 2.75) is 51.6 Å². The summed E-state index contributed by atoms with van der Waals surface area (Å²) >= 11 is 0. The van der Waals surface area contributed by atoms with Gasteiger partial charge >= 0.3 is 0 Å². The topological polar surface area (TPSA) is 41.6 Å². The summed E-state index contributed by atoms with van der Waals surface area (Å²) in [4.78, 5) is 15.1. The van der Waals surface area contributed by atoms with Crippen LogP contribution >= 0.6 is 0 Å². The first kappa shape index (κ1) is 15.2. The molecule has 1 aromatic carbocycles. The number of hydrogen-bond acceptors (Lipinski definition) is 3. The highest BCUT2D eigenvalue weighted by atomic mass is 16.5. The van der Waals surface area contributed by atoms with Crippen molar-refractivity contribution in [2.75, 3.05) is 18.6 Å². The average molecular weight is 302 g/mol. The van der Waals surface area contributed by atoms with Crippen LogP contribution in [0, 0.1) is 5.92 Å². The van der Waals surface area contributed by atoms with Crippen molar-refractivity contribution in [1.29, 1.82) is 0 Å². The summed E-state index contributed by atoms with van der Waals surface area (Å²) in [5.41, 5.74) is 2.53. The zero-order valence-corrected chi connectivity index (χ0v) is 13.8. The minimum atomic E-state index is 0.0589. The molecule has 1 fully saturated rings. The number of piperidine rings is 1. The predicted octanol–water partition coefficient (Wildman–Crippen LogP) is 2.75. The second-order valence-electron chi connectivity index (χ2n) is 6.73. The number of fused-ring (bicyclic) bond motifs is 3. The van der Waals surface area contributed by atoms with Gasteiger partial charge in [0.05, 0.1) is 13.0 Å². The summed E-state index contributed by atoms with van der Waals surface area (Å²) in [5.74, 6) is 1.16. The molecule has 2 heterocycles. The first-order chi connectivity index (χ1) is 10.6. The molecule has 0 bridgehead atoms. The van der Waals surface area contributed by atoms with Gasteiger partial charge in [-0.2, -0.15) is 0 Å². The van der Waals surface area contributed by atoms with Crippen LogP contribution in [-0.4, -0.2) is 31.6 Å². The summed E-state index contributed by atoms with van der Waals surface area (Å²) in [6.07, 6.45) is 4.35. The van der Waals surface area contributed by atoms with E-state index in [-0.39, 0.29) is 17.9 Å². The van der Waals surface area contributed by atoms with E-state index in [1.807, 2.05) is 19.9 Å². The lowest BCUT2D eigenvalue weighted by molar-refractivity contribution is -0.126. The summed E-state index contributed by atoms with van der Waals surface area (Å²) < 4.78 is 5.38. The Kier molecular flexibility index (Phi) is 4.27. The number of hydrogen-bond donors (Lipinski definition) is 1. The highest BCUT2D eigenvalue weighted by Crippen LogP contribution is 2.40. The van der Waals surface area contributed by atoms with Crippen LogP contribution < -0.4 is 15.0 Å². The van der Waals surface area contributed by atoms with Crippen LogP contribution in [-0.2, 0) is 11.2 Å². The molecule has 22 heavy (non-hydrogen) atoms. The van der Waals surface area contributed by atoms with Gasteiger partial charge in [-0.05, 0) is 51.2 Å². The molecule has 0 aliphatic carbocycles. The third-order valence-corrected chi connectivity index (χ3v) is 4.82. The lowest BCUT2D eigenvalue weighted by Crippen LogP contribution is -2.53. The highest BCUT2D eigenvalue weighted by molar-refractivity contribution is 5.82. The molecule has 0 unspecified atom stereocenters. The van der Waals surface area contributed by atoms with Gasteiger partial charge in [-0.25, -0.2) is 0 Å². The quantitative estimate of drug-likeness (QED) is 0.933. The molecule has 1 amide bonds. The lowest BCUT2D eigenvalue weighted by Gasteiger charge is -2.46. The van der Waals surface area contributed by atoms with Crippen molar-refractivity contribution in [2.24, 2.45) is 5.92 Å². The summed E-state index contributed by atoms with van der Waals surface area (Å²) in [6, 6.07) is 6.77. The van der Waals surface area contributed by atoms with Crippen molar-refractivity contribution >= 4 is 11.6 Å². The number of benzene rings is 1. The van der Waals surface area contributed by atoms with Gasteiger partial charge in [0.2, 0.25) is 5.91 Å². The van der Waals surface area contributed by atoms with Gasteiger partial charge in [0.1, 0.15) is 5.75 Å². The van der Waals surface area contributed by atoms with E-state index in [4.69, 9.17) is 4.74 Å². The SMILES string of the molecule is COc1ccc2c(c1)N1CCCC[C@H]1[C@@H](C(=O)NC(C)C)C2. The van der Waals surface area contributed by atoms with Gasteiger partial charge in [0.25, 0.3) is 0 Å². The van der Waals surface area contributed by atoms with Crippen LogP contribution in [0.3, 0.4) is 0 Å². The minimum Gasteiger partial charge on any atom is -0.497 e. The average Bonchev–Trinajstić information content (AvgIpc) is 2.53. The Morgan fingerprint density at radius 1 is 1.36 bits per heavy atom. The van der Waals surface area contributed by atoms with Crippen molar-refractivity contribution < 1.29 is 9.53 Å². The Morgan fingerprint density at radius 2 is 2.18 bits per heavy atom. The Morgan fingerprint density at radius 3 is 2.91 bits per heavy atom. The number of nitrogens with one attached hydrogen (secondary N) is 1. The molecule has 4 heteroatoms. The van der Waals surface area contributed by atoms with Crippen molar-refractivity contribution in [3.63, 3.8) is 0 Å². The van der Waals surface area contributed by atoms with Gasteiger partial charge in [-0.3, -0.25) is 4.79 Å². The number of carbonyl (C=O) groups is 1. The molecule has 0 spiro atoms. The van der Waals surface area contributed by atoms with Crippen molar-refractivity contribution in [1.82, 2.24) is 5.32 Å². The monoisotopic (exact) mass is 302 g/mol. The van der Waals surface area contributed by atoms with Gasteiger partial charge in [-0.1, -0.05) is 6.07 Å². The second-order valence-corrected chi connectivity index (χ2v) is 6.73. The number of carbonyl (C=O) groups excluding carboxylic acids is 1. The molecule has 2 aliphatic heterocycles. The molecule has 3 rings (SSSR count). The van der Waals surface area contributed by atoms with Gasteiger partial charge < -0.3 is 15.0 Å². The van der Waals surface area contributed by atoms with Gasteiger partial charge in [0.15, 0.2) is 0 Å². The van der Waals surface area contributed by atoms with E-state index < -0.39 is 0 Å². The van der Waals surface area contributed by atoms with Gasteiger partial charge in [-0.15, -0.1) is 0 Å². The molecular weight excluding hydrogens is 276 g/mol. The van der Waals surface area contributed by atoms with Gasteiger partial charge in [0, 0.05) is 30.4 Å². The van der Waals surface area contributed by atoms with Crippen LogP contribution in [0.1, 0.15) is 38.7 Å². The van der Waals surface area contributed by atoms with E-state index in [9.17, 15) is 4.79 Å². The number of anilines is 1. The number of methoxy groups -OCH3 is 1. The smallest absolute Gasteiger partial charge is 0.225 e. The minimum absolute atomic E-state index is 0.0589. The van der Waals surface area contributed by atoms with E-state index in [2.05, 4.69) is 22.3 Å². The second kappa shape index (κ2) is 6.19.